The van der Waals surface area contributed by atoms with Crippen LogP contribution in [-0.2, 0) is 6.18 Å². The highest BCUT2D eigenvalue weighted by Gasteiger charge is 2.29. The molecule has 0 saturated heterocycles. The van der Waals surface area contributed by atoms with Gasteiger partial charge in [-0.25, -0.2) is 0 Å². The molecule has 29 heavy (non-hydrogen) atoms. The largest absolute Gasteiger partial charge is 0.494 e. The van der Waals surface area contributed by atoms with E-state index in [0.717, 1.165) is 28.5 Å². The molecule has 0 bridgehead atoms. The lowest BCUT2D eigenvalue weighted by Crippen LogP contribution is -2.04. The van der Waals surface area contributed by atoms with Crippen molar-refractivity contribution >= 4 is 22.3 Å². The number of hydrogen-bond donors (Lipinski definition) is 1. The zero-order valence-corrected chi connectivity index (χ0v) is 15.2. The smallest absolute Gasteiger partial charge is 0.416 e. The Morgan fingerprint density at radius 1 is 1.00 bits per heavy atom. The maximum Gasteiger partial charge on any atom is 0.416 e. The van der Waals surface area contributed by atoms with Gasteiger partial charge >= 0.3 is 6.18 Å². The molecule has 0 saturated carbocycles. The number of anilines is 2. The molecule has 4 rings (SSSR count). The molecular weight excluding hydrogens is 381 g/mol. The molecule has 0 atom stereocenters. The average molecular weight is 396 g/mol. The van der Waals surface area contributed by atoms with Crippen molar-refractivity contribution < 1.29 is 17.9 Å². The normalized spacial score (nSPS) is 11.4. The van der Waals surface area contributed by atoms with E-state index >= 15 is 0 Å². The summed E-state index contributed by atoms with van der Waals surface area (Å²) in [4.78, 5) is 4.38. The van der Waals surface area contributed by atoms with Gasteiger partial charge in [-0.3, -0.25) is 4.98 Å². The minimum atomic E-state index is -4.37. The molecule has 0 spiro atoms. The molecular formula is C21H15F3N4O. The predicted molar refractivity (Wildman–Crippen MR) is 104 cm³/mol. The van der Waals surface area contributed by atoms with Crippen LogP contribution < -0.4 is 10.1 Å². The summed E-state index contributed by atoms with van der Waals surface area (Å²) in [6.45, 7) is 0. The summed E-state index contributed by atoms with van der Waals surface area (Å²) in [7, 11) is 1.58. The number of aromatic nitrogens is 3. The van der Waals surface area contributed by atoms with E-state index in [0.29, 0.717) is 22.9 Å². The number of fused-ring (bicyclic) bond motifs is 1. The summed E-state index contributed by atoms with van der Waals surface area (Å²) in [5.74, 6) is 1.10. The molecule has 0 aliphatic heterocycles. The molecule has 2 heterocycles. The van der Waals surface area contributed by atoms with Crippen LogP contribution in [0.4, 0.5) is 24.7 Å². The summed E-state index contributed by atoms with van der Waals surface area (Å²) in [6, 6.07) is 14.0. The fourth-order valence-corrected chi connectivity index (χ4v) is 2.98. The topological polar surface area (TPSA) is 59.9 Å². The van der Waals surface area contributed by atoms with Gasteiger partial charge in [-0.1, -0.05) is 6.07 Å². The van der Waals surface area contributed by atoms with E-state index in [9.17, 15) is 13.2 Å². The standard InChI is InChI=1S/C21H15F3N4O/c1-29-18-3-2-10-25-19(18)13-4-9-17-14(11-13)12-26-28-20(17)27-16-7-5-15(6-8-16)21(22,23)24/h2-12H,1H3,(H,27,28). The average Bonchev–Trinajstić information content (AvgIpc) is 2.73. The van der Waals surface area contributed by atoms with Gasteiger partial charge in [0, 0.05) is 28.2 Å². The van der Waals surface area contributed by atoms with Crippen LogP contribution in [0.1, 0.15) is 5.56 Å². The fraction of sp³-hybridized carbons (Fsp3) is 0.0952. The minimum absolute atomic E-state index is 0.446. The fourth-order valence-electron chi connectivity index (χ4n) is 2.98. The quantitative estimate of drug-likeness (QED) is 0.496. The SMILES string of the molecule is COc1cccnc1-c1ccc2c(Nc3ccc(C(F)(F)F)cc3)nncc2c1. The van der Waals surface area contributed by atoms with Gasteiger partial charge < -0.3 is 10.1 Å². The molecule has 0 unspecified atom stereocenters. The van der Waals surface area contributed by atoms with Crippen molar-refractivity contribution in [1.29, 1.82) is 0 Å². The van der Waals surface area contributed by atoms with Gasteiger partial charge in [-0.2, -0.15) is 18.3 Å². The molecule has 8 heteroatoms. The third-order valence-corrected chi connectivity index (χ3v) is 4.40. The lowest BCUT2D eigenvalue weighted by atomic mass is 10.1. The van der Waals surface area contributed by atoms with Crippen molar-refractivity contribution in [3.05, 3.63) is 72.6 Å². The number of pyridine rings is 1. The number of methoxy groups -OCH3 is 1. The maximum atomic E-state index is 12.7. The van der Waals surface area contributed by atoms with E-state index in [1.165, 1.54) is 12.1 Å². The first kappa shape index (κ1) is 18.7. The van der Waals surface area contributed by atoms with Crippen LogP contribution in [0.3, 0.4) is 0 Å². The second kappa shape index (κ2) is 7.38. The number of halogens is 3. The van der Waals surface area contributed by atoms with Crippen molar-refractivity contribution in [2.45, 2.75) is 6.18 Å². The number of hydrogen-bond acceptors (Lipinski definition) is 5. The molecule has 146 valence electrons. The Balaban J connectivity index is 1.68. The van der Waals surface area contributed by atoms with E-state index in [1.54, 1.807) is 25.6 Å². The molecule has 0 fully saturated rings. The number of nitrogens with zero attached hydrogens (tertiary/aromatic N) is 3. The van der Waals surface area contributed by atoms with Gasteiger partial charge in [0.05, 0.1) is 18.9 Å². The lowest BCUT2D eigenvalue weighted by molar-refractivity contribution is -0.137. The monoisotopic (exact) mass is 396 g/mol. The van der Waals surface area contributed by atoms with Crippen LogP contribution in [0.25, 0.3) is 22.0 Å². The minimum Gasteiger partial charge on any atom is -0.494 e. The van der Waals surface area contributed by atoms with Crippen molar-refractivity contribution in [2.24, 2.45) is 0 Å². The number of rotatable bonds is 4. The zero-order valence-electron chi connectivity index (χ0n) is 15.2. The van der Waals surface area contributed by atoms with Crippen LogP contribution in [0.5, 0.6) is 5.75 Å². The van der Waals surface area contributed by atoms with Crippen molar-refractivity contribution in [2.75, 3.05) is 12.4 Å². The van der Waals surface area contributed by atoms with Gasteiger partial charge in [-0.05, 0) is 48.5 Å². The summed E-state index contributed by atoms with van der Waals surface area (Å²) < 4.78 is 43.6. The molecule has 0 amide bonds. The van der Waals surface area contributed by atoms with Gasteiger partial charge in [0.1, 0.15) is 11.4 Å². The molecule has 0 radical (unpaired) electrons. The first-order chi connectivity index (χ1) is 14.0. The maximum absolute atomic E-state index is 12.7. The van der Waals surface area contributed by atoms with Crippen LogP contribution in [0, 0.1) is 0 Å². The van der Waals surface area contributed by atoms with E-state index in [-0.39, 0.29) is 0 Å². The first-order valence-corrected chi connectivity index (χ1v) is 8.65. The Morgan fingerprint density at radius 3 is 2.52 bits per heavy atom. The third-order valence-electron chi connectivity index (χ3n) is 4.40. The highest BCUT2D eigenvalue weighted by molar-refractivity contribution is 5.95. The second-order valence-electron chi connectivity index (χ2n) is 6.25. The van der Waals surface area contributed by atoms with E-state index < -0.39 is 11.7 Å². The van der Waals surface area contributed by atoms with Crippen LogP contribution in [-0.4, -0.2) is 22.3 Å². The van der Waals surface area contributed by atoms with E-state index in [1.807, 2.05) is 24.3 Å². The second-order valence-corrected chi connectivity index (χ2v) is 6.25. The van der Waals surface area contributed by atoms with Crippen LogP contribution in [0.2, 0.25) is 0 Å². The Hall–Kier alpha value is -3.68. The lowest BCUT2D eigenvalue weighted by Gasteiger charge is -2.11. The summed E-state index contributed by atoms with van der Waals surface area (Å²) >= 11 is 0. The van der Waals surface area contributed by atoms with Crippen molar-refractivity contribution in [1.82, 2.24) is 15.2 Å². The van der Waals surface area contributed by atoms with Gasteiger partial charge in [0.25, 0.3) is 0 Å². The number of alkyl halides is 3. The summed E-state index contributed by atoms with van der Waals surface area (Å²) in [6.07, 6.45) is -1.07. The summed E-state index contributed by atoms with van der Waals surface area (Å²) in [5.41, 5.74) is 1.32. The van der Waals surface area contributed by atoms with E-state index in [4.69, 9.17) is 4.74 Å². The molecule has 4 aromatic rings. The summed E-state index contributed by atoms with van der Waals surface area (Å²) in [5, 5.41) is 12.7. The Kier molecular flexibility index (Phi) is 4.75. The Morgan fingerprint density at radius 2 is 1.79 bits per heavy atom. The van der Waals surface area contributed by atoms with E-state index in [2.05, 4.69) is 20.5 Å². The van der Waals surface area contributed by atoms with Crippen molar-refractivity contribution in [3.63, 3.8) is 0 Å². The highest BCUT2D eigenvalue weighted by Crippen LogP contribution is 2.33. The highest BCUT2D eigenvalue weighted by atomic mass is 19.4. The third kappa shape index (κ3) is 3.82. The molecule has 2 aromatic carbocycles. The zero-order chi connectivity index (χ0) is 20.4. The number of ether oxygens (including phenoxy) is 1. The predicted octanol–water partition coefficient (Wildman–Crippen LogP) is 5.46. The molecule has 1 N–H and O–H groups in total. The van der Waals surface area contributed by atoms with Gasteiger partial charge in [0.15, 0.2) is 5.82 Å². The molecule has 5 nitrogen and oxygen atoms in total. The Labute approximate surface area is 164 Å². The molecule has 2 aromatic heterocycles. The number of nitrogens with one attached hydrogen (secondary N) is 1. The van der Waals surface area contributed by atoms with Crippen molar-refractivity contribution in [3.8, 4) is 17.0 Å². The molecule has 0 aliphatic carbocycles. The first-order valence-electron chi connectivity index (χ1n) is 8.65. The van der Waals surface area contributed by atoms with Crippen LogP contribution in [0.15, 0.2) is 67.0 Å². The van der Waals surface area contributed by atoms with Gasteiger partial charge in [0.2, 0.25) is 0 Å². The Bertz CT molecular complexity index is 1160. The molecule has 0 aliphatic rings. The van der Waals surface area contributed by atoms with Crippen LogP contribution >= 0.6 is 0 Å². The number of benzene rings is 2. The van der Waals surface area contributed by atoms with Gasteiger partial charge in [-0.15, -0.1) is 5.10 Å².